The molecule has 1 rings (SSSR count). The van der Waals surface area contributed by atoms with Crippen LogP contribution in [0.25, 0.3) is 0 Å². The summed E-state index contributed by atoms with van der Waals surface area (Å²) in [6.07, 6.45) is 0.375. The van der Waals surface area contributed by atoms with Crippen LogP contribution in [0.3, 0.4) is 0 Å². The van der Waals surface area contributed by atoms with Crippen LogP contribution in [0.2, 0.25) is 0 Å². The van der Waals surface area contributed by atoms with Gasteiger partial charge in [-0.25, -0.2) is 5.01 Å². The fourth-order valence-electron chi connectivity index (χ4n) is 1.67. The van der Waals surface area contributed by atoms with Crippen LogP contribution in [0.15, 0.2) is 18.2 Å². The number of hydrogen-bond donors (Lipinski definition) is 2. The molecule has 1 amide bonds. The summed E-state index contributed by atoms with van der Waals surface area (Å²) in [5.74, 6) is 1.15. The zero-order chi connectivity index (χ0) is 14.4. The molecule has 3 N–H and O–H groups in total. The summed E-state index contributed by atoms with van der Waals surface area (Å²) in [6, 6.07) is 4.77. The van der Waals surface area contributed by atoms with Gasteiger partial charge in [-0.15, -0.1) is 0 Å². The average Bonchev–Trinajstić information content (AvgIpc) is 2.37. The molecule has 0 fully saturated rings. The topological polar surface area (TPSA) is 76.8 Å². The summed E-state index contributed by atoms with van der Waals surface area (Å²) in [5.41, 5.74) is 9.34. The lowest BCUT2D eigenvalue weighted by atomic mass is 10.0. The van der Waals surface area contributed by atoms with E-state index in [2.05, 4.69) is 5.43 Å². The third-order valence-corrected chi connectivity index (χ3v) is 2.60. The van der Waals surface area contributed by atoms with Gasteiger partial charge in [-0.2, -0.15) is 0 Å². The van der Waals surface area contributed by atoms with Gasteiger partial charge in [0.2, 0.25) is 0 Å². The van der Waals surface area contributed by atoms with Gasteiger partial charge < -0.3 is 15.2 Å². The molecule has 0 heterocycles. The van der Waals surface area contributed by atoms with Gasteiger partial charge in [0, 0.05) is 20.5 Å². The quantitative estimate of drug-likeness (QED) is 0.718. The van der Waals surface area contributed by atoms with Crippen LogP contribution in [0.5, 0.6) is 11.5 Å². The monoisotopic (exact) mass is 267 g/mol. The van der Waals surface area contributed by atoms with Crippen LogP contribution in [-0.4, -0.2) is 45.3 Å². The summed E-state index contributed by atoms with van der Waals surface area (Å²) in [6.45, 7) is 0. The Hall–Kier alpha value is -1.79. The molecule has 6 heteroatoms. The largest absolute Gasteiger partial charge is 0.497 e. The number of hydrogen-bond acceptors (Lipinski definition) is 5. The van der Waals surface area contributed by atoms with Crippen molar-refractivity contribution in [1.29, 1.82) is 0 Å². The van der Waals surface area contributed by atoms with Crippen LogP contribution < -0.4 is 20.6 Å². The third-order valence-electron chi connectivity index (χ3n) is 2.60. The molecule has 6 nitrogen and oxygen atoms in total. The predicted molar refractivity (Wildman–Crippen MR) is 73.1 cm³/mol. The van der Waals surface area contributed by atoms with E-state index in [0.29, 0.717) is 17.9 Å². The van der Waals surface area contributed by atoms with Crippen molar-refractivity contribution in [2.45, 2.75) is 12.5 Å². The Balaban J connectivity index is 2.82. The number of hydrazine groups is 1. The summed E-state index contributed by atoms with van der Waals surface area (Å²) in [7, 11) is 6.63. The number of methoxy groups -OCH3 is 2. The number of nitrogens with two attached hydrogens (primary N) is 1. The van der Waals surface area contributed by atoms with Crippen molar-refractivity contribution in [2.75, 3.05) is 28.3 Å². The normalized spacial score (nSPS) is 12.1. The smallest absolute Gasteiger partial charge is 0.251 e. The highest BCUT2D eigenvalue weighted by molar-refractivity contribution is 5.81. The first-order valence-electron chi connectivity index (χ1n) is 5.92. The van der Waals surface area contributed by atoms with Crippen LogP contribution in [0.4, 0.5) is 0 Å². The van der Waals surface area contributed by atoms with Gasteiger partial charge in [0.1, 0.15) is 11.5 Å². The van der Waals surface area contributed by atoms with Crippen molar-refractivity contribution in [2.24, 2.45) is 5.73 Å². The van der Waals surface area contributed by atoms with E-state index < -0.39 is 6.04 Å². The Morgan fingerprint density at radius 1 is 1.37 bits per heavy atom. The van der Waals surface area contributed by atoms with Gasteiger partial charge in [-0.05, 0) is 23.8 Å². The molecule has 1 atom stereocenters. The number of ether oxygens (including phenoxy) is 2. The molecule has 0 saturated heterocycles. The second kappa shape index (κ2) is 6.96. The highest BCUT2D eigenvalue weighted by Crippen LogP contribution is 2.24. The highest BCUT2D eigenvalue weighted by Gasteiger charge is 2.17. The number of amides is 1. The third kappa shape index (κ3) is 4.42. The second-order valence-corrected chi connectivity index (χ2v) is 4.36. The lowest BCUT2D eigenvalue weighted by molar-refractivity contribution is -0.126. The van der Waals surface area contributed by atoms with Crippen molar-refractivity contribution < 1.29 is 14.3 Å². The lowest BCUT2D eigenvalue weighted by Crippen LogP contribution is -2.47. The van der Waals surface area contributed by atoms with Gasteiger partial charge in [-0.3, -0.25) is 10.2 Å². The SMILES string of the molecule is COc1ccc(OC)c(CC(N)C(=O)NN(C)C)c1. The van der Waals surface area contributed by atoms with Crippen molar-refractivity contribution >= 4 is 5.91 Å². The van der Waals surface area contributed by atoms with Gasteiger partial charge in [0.05, 0.1) is 20.3 Å². The molecular formula is C13H21N3O3. The molecule has 0 aliphatic rings. The maximum atomic E-state index is 11.8. The first kappa shape index (κ1) is 15.3. The number of nitrogens with one attached hydrogen (secondary N) is 1. The molecule has 0 aliphatic heterocycles. The van der Waals surface area contributed by atoms with Gasteiger partial charge in [-0.1, -0.05) is 0 Å². The minimum atomic E-state index is -0.650. The average molecular weight is 267 g/mol. The Bertz CT molecular complexity index is 435. The van der Waals surface area contributed by atoms with Crippen LogP contribution in [-0.2, 0) is 11.2 Å². The Morgan fingerprint density at radius 3 is 2.58 bits per heavy atom. The highest BCUT2D eigenvalue weighted by atomic mass is 16.5. The zero-order valence-electron chi connectivity index (χ0n) is 11.8. The molecule has 0 aliphatic carbocycles. The van der Waals surface area contributed by atoms with Gasteiger partial charge >= 0.3 is 0 Å². The number of rotatable bonds is 6. The number of carbonyl (C=O) groups is 1. The van der Waals surface area contributed by atoms with E-state index in [-0.39, 0.29) is 5.91 Å². The summed E-state index contributed by atoms with van der Waals surface area (Å²) in [4.78, 5) is 11.8. The molecule has 1 aromatic carbocycles. The van der Waals surface area contributed by atoms with Crippen molar-refractivity contribution in [1.82, 2.24) is 10.4 Å². The van der Waals surface area contributed by atoms with Crippen LogP contribution in [0.1, 0.15) is 5.56 Å². The molecule has 1 aromatic rings. The van der Waals surface area contributed by atoms with E-state index in [1.165, 1.54) is 0 Å². The first-order chi connectivity index (χ1) is 8.97. The van der Waals surface area contributed by atoms with E-state index in [0.717, 1.165) is 5.56 Å². The Morgan fingerprint density at radius 2 is 2.05 bits per heavy atom. The molecule has 0 spiro atoms. The van der Waals surface area contributed by atoms with Crippen molar-refractivity contribution in [3.8, 4) is 11.5 Å². The fourth-order valence-corrected chi connectivity index (χ4v) is 1.67. The minimum absolute atomic E-state index is 0.241. The van der Waals surface area contributed by atoms with Crippen LogP contribution >= 0.6 is 0 Å². The minimum Gasteiger partial charge on any atom is -0.497 e. The van der Waals surface area contributed by atoms with Crippen molar-refractivity contribution in [3.05, 3.63) is 23.8 Å². The maximum Gasteiger partial charge on any atom is 0.251 e. The van der Waals surface area contributed by atoms with E-state index >= 15 is 0 Å². The van der Waals surface area contributed by atoms with E-state index in [4.69, 9.17) is 15.2 Å². The molecule has 19 heavy (non-hydrogen) atoms. The van der Waals surface area contributed by atoms with E-state index in [1.807, 2.05) is 6.07 Å². The molecule has 106 valence electrons. The van der Waals surface area contributed by atoms with E-state index in [1.54, 1.807) is 45.5 Å². The number of nitrogens with zero attached hydrogens (tertiary/aromatic N) is 1. The molecule has 0 bridgehead atoms. The van der Waals surface area contributed by atoms with Crippen molar-refractivity contribution in [3.63, 3.8) is 0 Å². The summed E-state index contributed by atoms with van der Waals surface area (Å²) in [5, 5.41) is 1.56. The molecule has 0 saturated carbocycles. The molecule has 0 aromatic heterocycles. The number of carbonyl (C=O) groups excluding carboxylic acids is 1. The lowest BCUT2D eigenvalue weighted by Gasteiger charge is -2.18. The predicted octanol–water partition coefficient (Wildman–Crippen LogP) is 0.166. The molecular weight excluding hydrogens is 246 g/mol. The number of benzene rings is 1. The zero-order valence-corrected chi connectivity index (χ0v) is 11.8. The maximum absolute atomic E-state index is 11.8. The summed E-state index contributed by atoms with van der Waals surface area (Å²) >= 11 is 0. The second-order valence-electron chi connectivity index (χ2n) is 4.36. The molecule has 1 unspecified atom stereocenters. The van der Waals surface area contributed by atoms with Gasteiger partial charge in [0.15, 0.2) is 0 Å². The first-order valence-corrected chi connectivity index (χ1v) is 5.92. The standard InChI is InChI=1S/C13H21N3O3/c1-16(2)15-13(17)11(14)8-9-7-10(18-3)5-6-12(9)19-4/h5-7,11H,8,14H2,1-4H3,(H,15,17). The van der Waals surface area contributed by atoms with Crippen LogP contribution in [0, 0.1) is 0 Å². The fraction of sp³-hybridized carbons (Fsp3) is 0.462. The van der Waals surface area contributed by atoms with Gasteiger partial charge in [0.25, 0.3) is 5.91 Å². The summed E-state index contributed by atoms with van der Waals surface area (Å²) < 4.78 is 10.4. The molecule has 0 radical (unpaired) electrons. The Labute approximate surface area is 113 Å². The Kier molecular flexibility index (Phi) is 5.59. The van der Waals surface area contributed by atoms with E-state index in [9.17, 15) is 4.79 Å².